The van der Waals surface area contributed by atoms with Crippen molar-refractivity contribution in [2.24, 2.45) is 0 Å². The monoisotopic (exact) mass is 275 g/mol. The van der Waals surface area contributed by atoms with E-state index in [-0.39, 0.29) is 5.91 Å². The van der Waals surface area contributed by atoms with Crippen LogP contribution in [0.3, 0.4) is 0 Å². The number of amides is 1. The van der Waals surface area contributed by atoms with E-state index in [2.05, 4.69) is 15.3 Å². The fourth-order valence-electron chi connectivity index (χ4n) is 1.66. The summed E-state index contributed by atoms with van der Waals surface area (Å²) in [6.07, 6.45) is 6.27. The minimum atomic E-state index is -0.0124. The van der Waals surface area contributed by atoms with Gasteiger partial charge < -0.3 is 10.3 Å². The minimum Gasteiger partial charge on any atom is -0.367 e. The molecule has 0 saturated carbocycles. The molecule has 0 aliphatic heterocycles. The summed E-state index contributed by atoms with van der Waals surface area (Å²) in [5.74, 6) is 0.935. The van der Waals surface area contributed by atoms with Crippen molar-refractivity contribution in [1.82, 2.24) is 15.3 Å². The lowest BCUT2D eigenvalue weighted by molar-refractivity contribution is 0.0953. The second-order valence-electron chi connectivity index (χ2n) is 4.18. The van der Waals surface area contributed by atoms with Crippen LogP contribution in [0.5, 0.6) is 0 Å². The van der Waals surface area contributed by atoms with Crippen LogP contribution in [-0.4, -0.2) is 28.2 Å². The maximum atomic E-state index is 11.8. The highest BCUT2D eigenvalue weighted by Gasteiger charge is 2.08. The van der Waals surface area contributed by atoms with E-state index in [4.69, 9.17) is 0 Å². The molecular weight excluding hydrogens is 258 g/mol. The average molecular weight is 275 g/mol. The number of hydrogen-bond acceptors (Lipinski definition) is 3. The molecule has 0 aliphatic carbocycles. The number of carbonyl (C=O) groups is 1. The number of H-pyrrole nitrogens is 1. The van der Waals surface area contributed by atoms with Crippen LogP contribution >= 0.6 is 11.8 Å². The highest BCUT2D eigenvalue weighted by atomic mass is 32.2. The van der Waals surface area contributed by atoms with E-state index in [1.165, 1.54) is 0 Å². The molecule has 0 radical (unpaired) electrons. The summed E-state index contributed by atoms with van der Waals surface area (Å²) in [4.78, 5) is 19.0. The number of thioether (sulfide) groups is 1. The molecule has 5 heteroatoms. The SMILES string of the molecule is Cc1c[nH]cc1C(=O)NCCCSc1ccccn1. The molecule has 2 N–H and O–H groups in total. The van der Waals surface area contributed by atoms with Gasteiger partial charge in [-0.2, -0.15) is 0 Å². The zero-order valence-electron chi connectivity index (χ0n) is 10.8. The van der Waals surface area contributed by atoms with Gasteiger partial charge in [0.1, 0.15) is 0 Å². The van der Waals surface area contributed by atoms with Gasteiger partial charge in [-0.25, -0.2) is 4.98 Å². The number of aromatic nitrogens is 2. The Hall–Kier alpha value is -1.75. The van der Waals surface area contributed by atoms with Crippen molar-refractivity contribution in [1.29, 1.82) is 0 Å². The van der Waals surface area contributed by atoms with Crippen LogP contribution in [-0.2, 0) is 0 Å². The fourth-order valence-corrected chi connectivity index (χ4v) is 2.47. The molecule has 0 bridgehead atoms. The molecule has 19 heavy (non-hydrogen) atoms. The van der Waals surface area contributed by atoms with Gasteiger partial charge in [-0.05, 0) is 31.0 Å². The summed E-state index contributed by atoms with van der Waals surface area (Å²) in [7, 11) is 0. The van der Waals surface area contributed by atoms with Crippen LogP contribution in [0.1, 0.15) is 22.3 Å². The van der Waals surface area contributed by atoms with Crippen LogP contribution in [0.15, 0.2) is 41.8 Å². The largest absolute Gasteiger partial charge is 0.367 e. The van der Waals surface area contributed by atoms with Crippen LogP contribution in [0.25, 0.3) is 0 Å². The predicted molar refractivity (Wildman–Crippen MR) is 77.4 cm³/mol. The van der Waals surface area contributed by atoms with Crippen molar-refractivity contribution < 1.29 is 4.79 Å². The van der Waals surface area contributed by atoms with Crippen molar-refractivity contribution in [3.05, 3.63) is 47.9 Å². The van der Waals surface area contributed by atoms with Crippen LogP contribution < -0.4 is 5.32 Å². The topological polar surface area (TPSA) is 57.8 Å². The standard InChI is InChI=1S/C14H17N3OS/c1-11-9-15-10-12(11)14(18)17-7-4-8-19-13-5-2-3-6-16-13/h2-3,5-6,9-10,15H,4,7-8H2,1H3,(H,17,18). The van der Waals surface area contributed by atoms with E-state index in [1.807, 2.05) is 31.3 Å². The lowest BCUT2D eigenvalue weighted by Gasteiger charge is -2.04. The molecule has 0 spiro atoms. The van der Waals surface area contributed by atoms with Gasteiger partial charge in [0.15, 0.2) is 0 Å². The van der Waals surface area contributed by atoms with E-state index in [0.717, 1.165) is 28.3 Å². The van der Waals surface area contributed by atoms with Crippen molar-refractivity contribution >= 4 is 17.7 Å². The van der Waals surface area contributed by atoms with Crippen molar-refractivity contribution in [2.75, 3.05) is 12.3 Å². The first kappa shape index (κ1) is 13.7. The summed E-state index contributed by atoms with van der Waals surface area (Å²) in [5.41, 5.74) is 1.69. The Labute approximate surface area is 117 Å². The number of carbonyl (C=O) groups excluding carboxylic acids is 1. The Kier molecular flexibility index (Phi) is 5.03. The fraction of sp³-hybridized carbons (Fsp3) is 0.286. The summed E-state index contributed by atoms with van der Waals surface area (Å²) in [6.45, 7) is 2.60. The molecule has 0 atom stereocenters. The molecule has 1 amide bonds. The van der Waals surface area contributed by atoms with E-state index in [9.17, 15) is 4.79 Å². The Morgan fingerprint density at radius 2 is 2.32 bits per heavy atom. The second kappa shape index (κ2) is 6.99. The normalized spacial score (nSPS) is 10.4. The van der Waals surface area contributed by atoms with Crippen LogP contribution in [0.2, 0.25) is 0 Å². The van der Waals surface area contributed by atoms with Gasteiger partial charge in [0.05, 0.1) is 10.6 Å². The zero-order valence-corrected chi connectivity index (χ0v) is 11.7. The first-order chi connectivity index (χ1) is 9.27. The van der Waals surface area contributed by atoms with E-state index in [0.29, 0.717) is 6.54 Å². The molecule has 0 saturated heterocycles. The predicted octanol–water partition coefficient (Wildman–Crippen LogP) is 2.63. The van der Waals surface area contributed by atoms with Crippen LogP contribution in [0.4, 0.5) is 0 Å². The van der Waals surface area contributed by atoms with E-state index in [1.54, 1.807) is 24.2 Å². The van der Waals surface area contributed by atoms with Gasteiger partial charge >= 0.3 is 0 Å². The van der Waals surface area contributed by atoms with Crippen molar-refractivity contribution in [2.45, 2.75) is 18.4 Å². The maximum Gasteiger partial charge on any atom is 0.253 e. The van der Waals surface area contributed by atoms with Gasteiger partial charge in [-0.1, -0.05) is 6.07 Å². The summed E-state index contributed by atoms with van der Waals surface area (Å²) in [5, 5.41) is 3.94. The first-order valence-electron chi connectivity index (χ1n) is 6.23. The zero-order chi connectivity index (χ0) is 13.5. The molecule has 0 unspecified atom stereocenters. The van der Waals surface area contributed by atoms with Crippen LogP contribution in [0, 0.1) is 6.92 Å². The summed E-state index contributed by atoms with van der Waals surface area (Å²) < 4.78 is 0. The number of pyridine rings is 1. The smallest absolute Gasteiger partial charge is 0.253 e. The molecule has 0 aliphatic rings. The molecular formula is C14H17N3OS. The molecule has 2 rings (SSSR count). The molecule has 0 aromatic carbocycles. The Morgan fingerprint density at radius 1 is 1.42 bits per heavy atom. The molecule has 0 fully saturated rings. The van der Waals surface area contributed by atoms with E-state index >= 15 is 0 Å². The number of aryl methyl sites for hydroxylation is 1. The lowest BCUT2D eigenvalue weighted by atomic mass is 10.2. The van der Waals surface area contributed by atoms with Gasteiger partial charge in [-0.3, -0.25) is 4.79 Å². The third-order valence-corrected chi connectivity index (χ3v) is 3.72. The highest BCUT2D eigenvalue weighted by Crippen LogP contribution is 2.14. The van der Waals surface area contributed by atoms with Gasteiger partial charge in [-0.15, -0.1) is 11.8 Å². The average Bonchev–Trinajstić information content (AvgIpc) is 2.86. The molecule has 2 aromatic heterocycles. The van der Waals surface area contributed by atoms with Gasteiger partial charge in [0.25, 0.3) is 5.91 Å². The third-order valence-electron chi connectivity index (χ3n) is 2.69. The first-order valence-corrected chi connectivity index (χ1v) is 7.21. The molecule has 100 valence electrons. The Balaban J connectivity index is 1.65. The molecule has 2 aromatic rings. The second-order valence-corrected chi connectivity index (χ2v) is 5.29. The summed E-state index contributed by atoms with van der Waals surface area (Å²) >= 11 is 1.70. The van der Waals surface area contributed by atoms with E-state index < -0.39 is 0 Å². The third kappa shape index (κ3) is 4.13. The molecule has 2 heterocycles. The quantitative estimate of drug-likeness (QED) is 0.629. The Morgan fingerprint density at radius 3 is 3.00 bits per heavy atom. The lowest BCUT2D eigenvalue weighted by Crippen LogP contribution is -2.24. The number of hydrogen-bond donors (Lipinski definition) is 2. The van der Waals surface area contributed by atoms with Gasteiger partial charge in [0, 0.05) is 30.9 Å². The maximum absolute atomic E-state index is 11.8. The number of rotatable bonds is 6. The number of nitrogens with zero attached hydrogens (tertiary/aromatic N) is 1. The number of nitrogens with one attached hydrogen (secondary N) is 2. The minimum absolute atomic E-state index is 0.0124. The Bertz CT molecular complexity index is 524. The number of aromatic amines is 1. The molecule has 4 nitrogen and oxygen atoms in total. The highest BCUT2D eigenvalue weighted by molar-refractivity contribution is 7.99. The summed E-state index contributed by atoms with van der Waals surface area (Å²) in [6, 6.07) is 5.88. The van der Waals surface area contributed by atoms with Crippen molar-refractivity contribution in [3.8, 4) is 0 Å². The van der Waals surface area contributed by atoms with Crippen molar-refractivity contribution in [3.63, 3.8) is 0 Å². The van der Waals surface area contributed by atoms with Gasteiger partial charge in [0.2, 0.25) is 0 Å².